The Hall–Kier alpha value is -4.56. The molecule has 0 bridgehead atoms. The lowest BCUT2D eigenvalue weighted by atomic mass is 10.0. The summed E-state index contributed by atoms with van der Waals surface area (Å²) < 4.78 is 4.80. The number of hydrogen-bond acceptors (Lipinski definition) is 0. The van der Waals surface area contributed by atoms with Crippen LogP contribution < -0.4 is 0 Å². The second-order valence-electron chi connectivity index (χ2n) is 10.4. The molecule has 2 nitrogen and oxygen atoms in total. The molecular weight excluding hydrogens is 460 g/mol. The Balaban J connectivity index is 1.53. The van der Waals surface area contributed by atoms with E-state index in [0.717, 1.165) is 12.8 Å². The first-order valence-corrected chi connectivity index (χ1v) is 13.7. The number of rotatable bonds is 4. The second-order valence-corrected chi connectivity index (χ2v) is 10.4. The van der Waals surface area contributed by atoms with E-state index in [0.29, 0.717) is 0 Å². The maximum Gasteiger partial charge on any atom is 0.0737 e. The predicted molar refractivity (Wildman–Crippen MR) is 163 cm³/mol. The molecule has 8 aromatic rings. The van der Waals surface area contributed by atoms with E-state index in [2.05, 4.69) is 132 Å². The molecule has 1 aromatic heterocycles. The molecule has 0 saturated heterocycles. The predicted octanol–water partition coefficient (Wildman–Crippen LogP) is 9.60. The first kappa shape index (κ1) is 21.5. The fraction of sp³-hybridized carbons (Fsp3) is 0.111. The molecule has 0 N–H and O–H groups in total. The first-order chi connectivity index (χ1) is 18.7. The van der Waals surface area contributed by atoms with Gasteiger partial charge >= 0.3 is 0 Å². The lowest BCUT2D eigenvalue weighted by molar-refractivity contribution is 0.785. The Morgan fingerprint density at radius 2 is 0.895 bits per heavy atom. The molecule has 0 amide bonds. The Bertz CT molecular complexity index is 1970. The van der Waals surface area contributed by atoms with Crippen LogP contribution in [0.4, 0.5) is 0 Å². The van der Waals surface area contributed by atoms with Crippen LogP contribution in [0.3, 0.4) is 0 Å². The van der Waals surface area contributed by atoms with Crippen LogP contribution in [0.5, 0.6) is 0 Å². The largest absolute Gasteiger partial charge is 0.248 e. The smallest absolute Gasteiger partial charge is 0.0737 e. The highest BCUT2D eigenvalue weighted by Crippen LogP contribution is 2.45. The molecule has 8 rings (SSSR count). The molecule has 0 atom stereocenters. The number of aromatic nitrogens is 2. The molecule has 0 radical (unpaired) electrons. The Morgan fingerprint density at radius 1 is 0.447 bits per heavy atom. The fourth-order valence-electron chi connectivity index (χ4n) is 6.42. The molecule has 0 aliphatic heterocycles. The summed E-state index contributed by atoms with van der Waals surface area (Å²) in [6.07, 6.45) is 2.08. The van der Waals surface area contributed by atoms with Crippen LogP contribution in [0.25, 0.3) is 65.5 Å². The summed E-state index contributed by atoms with van der Waals surface area (Å²) in [7, 11) is 0. The van der Waals surface area contributed by atoms with Crippen LogP contribution in [-0.4, -0.2) is 9.36 Å². The van der Waals surface area contributed by atoms with Crippen molar-refractivity contribution in [1.82, 2.24) is 9.36 Å². The SMILES string of the molecule is CCc1ccc(-n2c3ccc4c5cc6ccccc6cc5c5ccc(c3c45)n2-c2ccc(CC)cc2)cc1. The van der Waals surface area contributed by atoms with Crippen LogP contribution in [0.1, 0.15) is 25.0 Å². The van der Waals surface area contributed by atoms with Crippen molar-refractivity contribution in [2.75, 3.05) is 0 Å². The van der Waals surface area contributed by atoms with E-state index < -0.39 is 0 Å². The van der Waals surface area contributed by atoms with Crippen molar-refractivity contribution in [3.8, 4) is 11.4 Å². The summed E-state index contributed by atoms with van der Waals surface area (Å²) in [5.41, 5.74) is 7.54. The average molecular weight is 489 g/mol. The highest BCUT2D eigenvalue weighted by atomic mass is 15.4. The molecule has 182 valence electrons. The van der Waals surface area contributed by atoms with E-state index in [-0.39, 0.29) is 0 Å². The second kappa shape index (κ2) is 7.97. The van der Waals surface area contributed by atoms with Crippen LogP contribution in [-0.2, 0) is 12.8 Å². The van der Waals surface area contributed by atoms with Crippen molar-refractivity contribution in [1.29, 1.82) is 0 Å². The van der Waals surface area contributed by atoms with E-state index in [9.17, 15) is 0 Å². The lowest BCUT2D eigenvalue weighted by Crippen LogP contribution is -2.09. The topological polar surface area (TPSA) is 9.86 Å². The zero-order chi connectivity index (χ0) is 25.4. The average Bonchev–Trinajstić information content (AvgIpc) is 3.48. The summed E-state index contributed by atoms with van der Waals surface area (Å²) >= 11 is 0. The molecule has 0 fully saturated rings. The van der Waals surface area contributed by atoms with Gasteiger partial charge in [-0.15, -0.1) is 0 Å². The van der Waals surface area contributed by atoms with Gasteiger partial charge in [0.15, 0.2) is 0 Å². The molecule has 0 unspecified atom stereocenters. The van der Waals surface area contributed by atoms with Crippen molar-refractivity contribution in [2.45, 2.75) is 26.7 Å². The summed E-state index contributed by atoms with van der Waals surface area (Å²) in [4.78, 5) is 0. The van der Waals surface area contributed by atoms with Crippen molar-refractivity contribution in [3.05, 3.63) is 120 Å². The summed E-state index contributed by atoms with van der Waals surface area (Å²) in [5.74, 6) is 0. The van der Waals surface area contributed by atoms with Gasteiger partial charge in [0.05, 0.1) is 22.4 Å². The van der Waals surface area contributed by atoms with E-state index in [1.54, 1.807) is 0 Å². The number of benzene rings is 6. The molecule has 38 heavy (non-hydrogen) atoms. The monoisotopic (exact) mass is 488 g/mol. The van der Waals surface area contributed by atoms with E-state index in [1.807, 2.05) is 0 Å². The van der Waals surface area contributed by atoms with Gasteiger partial charge in [-0.3, -0.25) is 0 Å². The van der Waals surface area contributed by atoms with Crippen molar-refractivity contribution >= 4 is 54.1 Å². The van der Waals surface area contributed by atoms with Crippen LogP contribution >= 0.6 is 0 Å². The fourth-order valence-corrected chi connectivity index (χ4v) is 6.42. The minimum atomic E-state index is 1.04. The molecule has 0 aliphatic rings. The third-order valence-corrected chi connectivity index (χ3v) is 8.42. The van der Waals surface area contributed by atoms with Crippen LogP contribution in [0, 0.1) is 0 Å². The quantitative estimate of drug-likeness (QED) is 0.233. The molecule has 7 aromatic carbocycles. The molecule has 0 spiro atoms. The van der Waals surface area contributed by atoms with Gasteiger partial charge in [-0.25, -0.2) is 9.36 Å². The zero-order valence-corrected chi connectivity index (χ0v) is 21.7. The van der Waals surface area contributed by atoms with Gasteiger partial charge < -0.3 is 0 Å². The Labute approximate surface area is 221 Å². The minimum Gasteiger partial charge on any atom is -0.248 e. The van der Waals surface area contributed by atoms with Crippen LogP contribution in [0.15, 0.2) is 109 Å². The van der Waals surface area contributed by atoms with Gasteiger partial charge in [0.1, 0.15) is 0 Å². The molecule has 1 heterocycles. The maximum atomic E-state index is 2.40. The van der Waals surface area contributed by atoms with E-state index >= 15 is 0 Å². The van der Waals surface area contributed by atoms with Crippen molar-refractivity contribution in [2.24, 2.45) is 0 Å². The van der Waals surface area contributed by atoms with Gasteiger partial charge in [0.25, 0.3) is 0 Å². The van der Waals surface area contributed by atoms with Gasteiger partial charge in [-0.1, -0.05) is 74.5 Å². The lowest BCUT2D eigenvalue weighted by Gasteiger charge is -2.16. The normalized spacial score (nSPS) is 12.2. The number of aryl methyl sites for hydroxylation is 2. The molecule has 0 saturated carbocycles. The highest BCUT2D eigenvalue weighted by Gasteiger charge is 2.22. The standard InChI is InChI=1S/C36H28N2/c1-3-23-9-13-27(14-10-23)37-33-19-17-29-31-21-25-7-5-6-8-26(25)22-32(31)30-18-20-34(36(33)35(29)30)38(37)28-15-11-24(4-2)12-16-28/h5-22H,3-4H2,1-2H3. The van der Waals surface area contributed by atoms with Gasteiger partial charge in [-0.05, 0) is 105 Å². The third-order valence-electron chi connectivity index (χ3n) is 8.42. The van der Waals surface area contributed by atoms with Crippen LogP contribution in [0.2, 0.25) is 0 Å². The number of nitrogens with zero attached hydrogens (tertiary/aromatic N) is 2. The third kappa shape index (κ3) is 2.89. The molecular formula is C36H28N2. The molecule has 0 aliphatic carbocycles. The van der Waals surface area contributed by atoms with Gasteiger partial charge in [-0.2, -0.15) is 0 Å². The van der Waals surface area contributed by atoms with E-state index in [1.165, 1.54) is 76.6 Å². The zero-order valence-electron chi connectivity index (χ0n) is 21.7. The van der Waals surface area contributed by atoms with Gasteiger partial charge in [0.2, 0.25) is 0 Å². The maximum absolute atomic E-state index is 2.40. The Kier molecular flexibility index (Phi) is 4.51. The minimum absolute atomic E-state index is 1.04. The summed E-state index contributed by atoms with van der Waals surface area (Å²) in [5, 5.41) is 10.6. The number of hydrogen-bond donors (Lipinski definition) is 0. The summed E-state index contributed by atoms with van der Waals surface area (Å²) in [6.45, 7) is 4.42. The highest BCUT2D eigenvalue weighted by molar-refractivity contribution is 6.36. The number of fused-ring (bicyclic) bond motifs is 4. The van der Waals surface area contributed by atoms with E-state index in [4.69, 9.17) is 0 Å². The van der Waals surface area contributed by atoms with Gasteiger partial charge in [0, 0.05) is 10.8 Å². The summed E-state index contributed by atoms with van der Waals surface area (Å²) in [6, 6.07) is 40.8. The van der Waals surface area contributed by atoms with Crippen molar-refractivity contribution < 1.29 is 0 Å². The molecule has 2 heteroatoms. The van der Waals surface area contributed by atoms with Crippen molar-refractivity contribution in [3.63, 3.8) is 0 Å². The first-order valence-electron chi connectivity index (χ1n) is 13.7. The Morgan fingerprint density at radius 3 is 1.32 bits per heavy atom.